The standard InChI is InChI=1S/C30H37N7O3S/c1-17(2)41(38,39)26-10-8-7-9-23(26)31-28-27-19(4)34-35-29(27)33-30(32-28)37-20(5)40-25-16-22(18(3)15-24(25)37)21-11-13-36(6)14-12-21/h7-10,15-17,20-21H,11-14H2,1-6H3,(H2,31,32,33,34,35). The molecule has 4 heterocycles. The largest absolute Gasteiger partial charge is 0.468 e. The number of fused-ring (bicyclic) bond motifs is 2. The Hall–Kier alpha value is -3.70. The lowest BCUT2D eigenvalue weighted by molar-refractivity contribution is 0.249. The van der Waals surface area contributed by atoms with Gasteiger partial charge in [-0.2, -0.15) is 15.1 Å². The van der Waals surface area contributed by atoms with Gasteiger partial charge in [-0.05, 0) is 109 Å². The van der Waals surface area contributed by atoms with Gasteiger partial charge in [-0.1, -0.05) is 12.1 Å². The van der Waals surface area contributed by atoms with Crippen molar-refractivity contribution in [2.75, 3.05) is 30.4 Å². The van der Waals surface area contributed by atoms with Crippen LogP contribution in [-0.2, 0) is 9.84 Å². The summed E-state index contributed by atoms with van der Waals surface area (Å²) >= 11 is 0. The molecule has 1 fully saturated rings. The summed E-state index contributed by atoms with van der Waals surface area (Å²) in [5, 5.41) is 10.9. The molecule has 216 valence electrons. The van der Waals surface area contributed by atoms with Crippen LogP contribution in [0.5, 0.6) is 5.75 Å². The van der Waals surface area contributed by atoms with E-state index in [0.29, 0.717) is 34.4 Å². The van der Waals surface area contributed by atoms with Crippen LogP contribution in [0.25, 0.3) is 11.0 Å². The molecule has 10 nitrogen and oxygen atoms in total. The molecular weight excluding hydrogens is 538 g/mol. The first-order chi connectivity index (χ1) is 19.5. The van der Waals surface area contributed by atoms with E-state index in [0.717, 1.165) is 43.1 Å². The Balaban J connectivity index is 1.42. The molecule has 0 amide bonds. The molecule has 0 spiro atoms. The van der Waals surface area contributed by atoms with Crippen molar-refractivity contribution in [1.29, 1.82) is 0 Å². The lowest BCUT2D eigenvalue weighted by Gasteiger charge is -2.30. The van der Waals surface area contributed by atoms with Crippen molar-refractivity contribution < 1.29 is 13.2 Å². The first kappa shape index (κ1) is 27.5. The van der Waals surface area contributed by atoms with E-state index in [2.05, 4.69) is 46.5 Å². The van der Waals surface area contributed by atoms with Crippen LogP contribution in [0.2, 0.25) is 0 Å². The molecule has 1 saturated heterocycles. The maximum absolute atomic E-state index is 13.2. The number of rotatable bonds is 6. The van der Waals surface area contributed by atoms with Gasteiger partial charge in [0.05, 0.1) is 26.9 Å². The highest BCUT2D eigenvalue weighted by Crippen LogP contribution is 2.45. The number of aromatic nitrogens is 4. The van der Waals surface area contributed by atoms with Crippen molar-refractivity contribution in [3.05, 3.63) is 53.2 Å². The van der Waals surface area contributed by atoms with Crippen LogP contribution in [0.4, 0.5) is 23.1 Å². The third-order valence-corrected chi connectivity index (χ3v) is 10.5. The van der Waals surface area contributed by atoms with Crippen molar-refractivity contribution in [2.24, 2.45) is 0 Å². The van der Waals surface area contributed by atoms with Gasteiger partial charge in [0.25, 0.3) is 0 Å². The van der Waals surface area contributed by atoms with E-state index in [1.54, 1.807) is 38.1 Å². The average Bonchev–Trinajstić information content (AvgIpc) is 3.47. The predicted molar refractivity (Wildman–Crippen MR) is 161 cm³/mol. The molecule has 4 aromatic rings. The molecule has 1 unspecified atom stereocenters. The SMILES string of the molecule is Cc1cc2c(cc1C1CCN(C)CC1)OC(C)N2c1nc(Nc2ccccc2S(=O)(=O)C(C)C)c2c(C)[nH]nc2n1. The van der Waals surface area contributed by atoms with E-state index in [9.17, 15) is 8.42 Å². The Morgan fingerprint density at radius 3 is 2.56 bits per heavy atom. The number of hydrogen-bond donors (Lipinski definition) is 2. The number of H-pyrrole nitrogens is 1. The van der Waals surface area contributed by atoms with E-state index < -0.39 is 15.1 Å². The van der Waals surface area contributed by atoms with Gasteiger partial charge in [-0.15, -0.1) is 0 Å². The fraction of sp³-hybridized carbons (Fsp3) is 0.433. The van der Waals surface area contributed by atoms with Crippen LogP contribution in [-0.4, -0.2) is 65.1 Å². The fourth-order valence-corrected chi connectivity index (χ4v) is 7.09. The van der Waals surface area contributed by atoms with Gasteiger partial charge in [0.1, 0.15) is 11.6 Å². The Labute approximate surface area is 241 Å². The predicted octanol–water partition coefficient (Wildman–Crippen LogP) is 5.58. The van der Waals surface area contributed by atoms with Crippen LogP contribution in [0, 0.1) is 13.8 Å². The van der Waals surface area contributed by atoms with Gasteiger partial charge in [0, 0.05) is 5.69 Å². The summed E-state index contributed by atoms with van der Waals surface area (Å²) in [5.41, 5.74) is 5.20. The quantitative estimate of drug-likeness (QED) is 0.304. The average molecular weight is 576 g/mol. The Bertz CT molecular complexity index is 1730. The number of piperidine rings is 1. The van der Waals surface area contributed by atoms with E-state index in [1.807, 2.05) is 18.7 Å². The summed E-state index contributed by atoms with van der Waals surface area (Å²) in [5.74, 6) is 2.24. The summed E-state index contributed by atoms with van der Waals surface area (Å²) in [6.07, 6.45) is 1.93. The molecule has 2 aromatic heterocycles. The zero-order chi connectivity index (χ0) is 29.1. The van der Waals surface area contributed by atoms with Crippen LogP contribution in [0.1, 0.15) is 56.4 Å². The molecule has 2 aromatic carbocycles. The van der Waals surface area contributed by atoms with Crippen LogP contribution >= 0.6 is 0 Å². The van der Waals surface area contributed by atoms with Crippen LogP contribution in [0.3, 0.4) is 0 Å². The van der Waals surface area contributed by atoms with E-state index >= 15 is 0 Å². The molecule has 2 aliphatic heterocycles. The van der Waals surface area contributed by atoms with Crippen LogP contribution < -0.4 is 15.0 Å². The van der Waals surface area contributed by atoms with E-state index in [-0.39, 0.29) is 11.1 Å². The molecule has 0 radical (unpaired) electrons. The van der Waals surface area contributed by atoms with E-state index in [1.165, 1.54) is 11.1 Å². The number of likely N-dealkylation sites (tertiary alicyclic amines) is 1. The minimum absolute atomic E-state index is 0.227. The molecule has 11 heteroatoms. The molecule has 41 heavy (non-hydrogen) atoms. The number of ether oxygens (including phenoxy) is 1. The number of aromatic amines is 1. The first-order valence-corrected chi connectivity index (χ1v) is 15.7. The monoisotopic (exact) mass is 575 g/mol. The van der Waals surface area contributed by atoms with Gasteiger partial charge in [0.2, 0.25) is 5.95 Å². The summed E-state index contributed by atoms with van der Waals surface area (Å²) in [4.78, 5) is 14.3. The third kappa shape index (κ3) is 4.80. The second-order valence-corrected chi connectivity index (χ2v) is 13.9. The Morgan fingerprint density at radius 1 is 1.10 bits per heavy atom. The molecule has 0 saturated carbocycles. The summed E-state index contributed by atoms with van der Waals surface area (Å²) in [6.45, 7) is 11.6. The highest BCUT2D eigenvalue weighted by molar-refractivity contribution is 7.92. The summed E-state index contributed by atoms with van der Waals surface area (Å²) < 4.78 is 32.7. The smallest absolute Gasteiger partial charge is 0.237 e. The highest BCUT2D eigenvalue weighted by atomic mass is 32.2. The highest BCUT2D eigenvalue weighted by Gasteiger charge is 2.34. The van der Waals surface area contributed by atoms with Crippen molar-refractivity contribution >= 4 is 44.0 Å². The molecule has 0 bridgehead atoms. The lowest BCUT2D eigenvalue weighted by Crippen LogP contribution is -2.29. The Kier molecular flexibility index (Phi) is 6.89. The molecule has 2 N–H and O–H groups in total. The van der Waals surface area contributed by atoms with Gasteiger partial charge < -0.3 is 15.0 Å². The van der Waals surface area contributed by atoms with Gasteiger partial charge >= 0.3 is 0 Å². The number of aryl methyl sites for hydroxylation is 2. The Morgan fingerprint density at radius 2 is 1.83 bits per heavy atom. The zero-order valence-corrected chi connectivity index (χ0v) is 25.2. The summed E-state index contributed by atoms with van der Waals surface area (Å²) in [7, 11) is -1.36. The number of benzene rings is 2. The fourth-order valence-electron chi connectivity index (χ4n) is 5.89. The van der Waals surface area contributed by atoms with Crippen molar-refractivity contribution in [3.8, 4) is 5.75 Å². The molecular formula is C30H37N7O3S. The number of nitrogens with one attached hydrogen (secondary N) is 2. The number of nitrogens with zero attached hydrogens (tertiary/aromatic N) is 5. The summed E-state index contributed by atoms with van der Waals surface area (Å²) in [6, 6.07) is 11.3. The van der Waals surface area contributed by atoms with E-state index in [4.69, 9.17) is 14.7 Å². The normalized spacial score (nSPS) is 18.2. The maximum Gasteiger partial charge on any atom is 0.237 e. The first-order valence-electron chi connectivity index (χ1n) is 14.2. The second kappa shape index (κ2) is 10.3. The topological polar surface area (TPSA) is 116 Å². The number of sulfone groups is 1. The number of hydrogen-bond acceptors (Lipinski definition) is 9. The zero-order valence-electron chi connectivity index (χ0n) is 24.4. The van der Waals surface area contributed by atoms with Crippen molar-refractivity contribution in [3.63, 3.8) is 0 Å². The van der Waals surface area contributed by atoms with Crippen molar-refractivity contribution in [2.45, 2.75) is 69.8 Å². The minimum atomic E-state index is -3.54. The molecule has 2 aliphatic rings. The number of anilines is 4. The van der Waals surface area contributed by atoms with Crippen molar-refractivity contribution in [1.82, 2.24) is 25.1 Å². The lowest BCUT2D eigenvalue weighted by atomic mass is 9.86. The molecule has 0 aliphatic carbocycles. The van der Waals surface area contributed by atoms with Gasteiger partial charge in [-0.3, -0.25) is 10.00 Å². The second-order valence-electron chi connectivity index (χ2n) is 11.5. The molecule has 1 atom stereocenters. The van der Waals surface area contributed by atoms with Gasteiger partial charge in [0.15, 0.2) is 21.7 Å². The third-order valence-electron chi connectivity index (χ3n) is 8.29. The van der Waals surface area contributed by atoms with Gasteiger partial charge in [-0.25, -0.2) is 8.42 Å². The molecule has 6 rings (SSSR count). The minimum Gasteiger partial charge on any atom is -0.468 e. The van der Waals surface area contributed by atoms with Crippen LogP contribution in [0.15, 0.2) is 41.3 Å². The number of para-hydroxylation sites is 1. The maximum atomic E-state index is 13.2.